The number of aromatic nitrogens is 2. The van der Waals surface area contributed by atoms with Crippen LogP contribution in [-0.4, -0.2) is 43.5 Å². The predicted molar refractivity (Wildman–Crippen MR) is 164 cm³/mol. The summed E-state index contributed by atoms with van der Waals surface area (Å²) in [5, 5.41) is 7.77. The van der Waals surface area contributed by atoms with Crippen LogP contribution in [0.1, 0.15) is 24.7 Å². The number of halogens is 2. The van der Waals surface area contributed by atoms with Gasteiger partial charge in [0.15, 0.2) is 0 Å². The number of furan rings is 1. The van der Waals surface area contributed by atoms with Gasteiger partial charge in [0.25, 0.3) is 0 Å². The molecule has 0 saturated carbocycles. The van der Waals surface area contributed by atoms with E-state index >= 15 is 0 Å². The molecule has 0 spiro atoms. The Hall–Kier alpha value is -3.73. The summed E-state index contributed by atoms with van der Waals surface area (Å²) in [5.41, 5.74) is 2.16. The molecule has 0 saturated heterocycles. The highest BCUT2D eigenvalue weighted by atomic mass is 35.5. The molecule has 220 valence electrons. The fourth-order valence-corrected chi connectivity index (χ4v) is 5.41. The number of nitrogens with one attached hydrogen (secondary N) is 2. The second kappa shape index (κ2) is 12.6. The summed E-state index contributed by atoms with van der Waals surface area (Å²) in [4.78, 5) is 8.85. The molecule has 0 fully saturated rings. The van der Waals surface area contributed by atoms with Gasteiger partial charge in [-0.15, -0.1) is 0 Å². The smallest absolute Gasteiger partial charge is 0.148 e. The summed E-state index contributed by atoms with van der Waals surface area (Å²) in [5.74, 6) is 2.52. The number of ether oxygens (including phenoxy) is 1. The molecule has 1 aliphatic carbocycles. The lowest BCUT2D eigenvalue weighted by atomic mass is 9.84. The van der Waals surface area contributed by atoms with E-state index in [9.17, 15) is 12.8 Å². The molecule has 0 aliphatic heterocycles. The van der Waals surface area contributed by atoms with E-state index in [4.69, 9.17) is 20.8 Å². The van der Waals surface area contributed by atoms with E-state index in [2.05, 4.69) is 20.6 Å². The lowest BCUT2D eigenvalue weighted by molar-refractivity contribution is 0.196. The average molecular weight is 611 g/mol. The molecule has 2 aromatic carbocycles. The fraction of sp³-hybridized carbons (Fsp3) is 0.290. The molecule has 1 atom stereocenters. The van der Waals surface area contributed by atoms with Crippen molar-refractivity contribution in [2.45, 2.75) is 26.4 Å². The molecule has 1 unspecified atom stereocenters. The summed E-state index contributed by atoms with van der Waals surface area (Å²) in [7, 11) is -3.02. The van der Waals surface area contributed by atoms with Gasteiger partial charge in [0.05, 0.1) is 29.4 Å². The Morgan fingerprint density at radius 2 is 1.98 bits per heavy atom. The van der Waals surface area contributed by atoms with Gasteiger partial charge in [0.2, 0.25) is 0 Å². The number of allylic oxidation sites excluding steroid dienone is 3. The Morgan fingerprint density at radius 3 is 2.76 bits per heavy atom. The van der Waals surface area contributed by atoms with Crippen LogP contribution in [0.25, 0.3) is 22.2 Å². The van der Waals surface area contributed by atoms with Crippen molar-refractivity contribution in [2.75, 3.05) is 30.5 Å². The Labute approximate surface area is 249 Å². The largest absolute Gasteiger partial charge is 0.491 e. The quantitative estimate of drug-likeness (QED) is 0.175. The van der Waals surface area contributed by atoms with Crippen molar-refractivity contribution < 1.29 is 22.0 Å². The molecule has 5 rings (SSSR count). The van der Waals surface area contributed by atoms with E-state index in [1.807, 2.05) is 61.5 Å². The van der Waals surface area contributed by atoms with Gasteiger partial charge in [-0.2, -0.15) is 0 Å². The van der Waals surface area contributed by atoms with Crippen LogP contribution in [-0.2, 0) is 22.9 Å². The van der Waals surface area contributed by atoms with Crippen LogP contribution in [0.3, 0.4) is 0 Å². The van der Waals surface area contributed by atoms with Gasteiger partial charge in [0, 0.05) is 42.1 Å². The first-order valence-electron chi connectivity index (χ1n) is 13.5. The molecule has 8 nitrogen and oxygen atoms in total. The van der Waals surface area contributed by atoms with Crippen molar-refractivity contribution in [3.63, 3.8) is 0 Å². The van der Waals surface area contributed by atoms with Crippen LogP contribution in [0.5, 0.6) is 5.75 Å². The van der Waals surface area contributed by atoms with Crippen LogP contribution in [0, 0.1) is 5.41 Å². The molecule has 11 heteroatoms. The highest BCUT2D eigenvalue weighted by molar-refractivity contribution is 7.90. The minimum absolute atomic E-state index is 0.0722. The van der Waals surface area contributed by atoms with Crippen LogP contribution in [0.4, 0.5) is 10.2 Å². The molecule has 1 aliphatic rings. The summed E-state index contributed by atoms with van der Waals surface area (Å²) >= 11 is 6.52. The summed E-state index contributed by atoms with van der Waals surface area (Å²) in [6, 6.07) is 15.2. The van der Waals surface area contributed by atoms with Crippen LogP contribution in [0.15, 0.2) is 83.3 Å². The fourth-order valence-electron chi connectivity index (χ4n) is 4.64. The maximum atomic E-state index is 13.7. The maximum absolute atomic E-state index is 13.7. The third kappa shape index (κ3) is 7.76. The molecular formula is C31H32ClFN4O4S. The van der Waals surface area contributed by atoms with Crippen LogP contribution in [0.2, 0.25) is 5.02 Å². The first-order valence-corrected chi connectivity index (χ1v) is 15.9. The maximum Gasteiger partial charge on any atom is 0.148 e. The van der Waals surface area contributed by atoms with E-state index in [1.165, 1.54) is 18.7 Å². The third-order valence-electron chi connectivity index (χ3n) is 6.89. The van der Waals surface area contributed by atoms with Gasteiger partial charge >= 0.3 is 0 Å². The normalized spacial score (nSPS) is 16.9. The van der Waals surface area contributed by atoms with Gasteiger partial charge in [-0.3, -0.25) is 0 Å². The van der Waals surface area contributed by atoms with E-state index in [0.717, 1.165) is 22.0 Å². The first-order chi connectivity index (χ1) is 20.1. The number of anilines is 1. The molecule has 42 heavy (non-hydrogen) atoms. The highest BCUT2D eigenvalue weighted by Crippen LogP contribution is 2.34. The van der Waals surface area contributed by atoms with Crippen molar-refractivity contribution in [3.05, 3.63) is 95.3 Å². The van der Waals surface area contributed by atoms with Crippen molar-refractivity contribution in [3.8, 4) is 17.1 Å². The van der Waals surface area contributed by atoms with Gasteiger partial charge in [-0.25, -0.2) is 22.8 Å². The standard InChI is InChI=1S/C31H32ClFN4O4S/c1-31(11-3-4-23(33)16-31)19-40-29-9-5-21(14-26(29)32)17-35-30-25-15-22(6-8-27(25)36-20-37-30)28-10-7-24(41-28)18-34-12-13-42(2,38)39/h3-11,14-15,20,34H,12-13,16-19H2,1-2H3,(H,35,36,37). The molecule has 0 bridgehead atoms. The van der Waals surface area contributed by atoms with Crippen LogP contribution >= 0.6 is 11.6 Å². The molecule has 2 heterocycles. The molecular weight excluding hydrogens is 579 g/mol. The molecule has 0 radical (unpaired) electrons. The third-order valence-corrected chi connectivity index (χ3v) is 8.13. The Kier molecular flexibility index (Phi) is 8.96. The molecule has 0 amide bonds. The zero-order valence-corrected chi connectivity index (χ0v) is 24.9. The SMILES string of the molecule is CC1(COc2ccc(CNc3ncnc4ccc(-c5ccc(CNCCS(C)(=O)=O)o5)cc34)cc2Cl)C=CC=C(F)C1. The zero-order valence-electron chi connectivity index (χ0n) is 23.4. The zero-order chi connectivity index (χ0) is 29.7. The molecule has 2 N–H and O–H groups in total. The Bertz CT molecular complexity index is 1750. The number of hydrogen-bond acceptors (Lipinski definition) is 8. The minimum Gasteiger partial charge on any atom is -0.491 e. The van der Waals surface area contributed by atoms with E-state index in [0.29, 0.717) is 60.8 Å². The number of benzene rings is 2. The number of hydrogen-bond donors (Lipinski definition) is 2. The van der Waals surface area contributed by atoms with Crippen molar-refractivity contribution in [1.82, 2.24) is 15.3 Å². The Morgan fingerprint density at radius 1 is 1.12 bits per heavy atom. The van der Waals surface area contributed by atoms with Crippen molar-refractivity contribution >= 4 is 38.2 Å². The second-order valence-corrected chi connectivity index (χ2v) is 13.4. The highest BCUT2D eigenvalue weighted by Gasteiger charge is 2.26. The summed E-state index contributed by atoms with van der Waals surface area (Å²) in [6.45, 7) is 3.52. The van der Waals surface area contributed by atoms with E-state index in [-0.39, 0.29) is 11.6 Å². The monoisotopic (exact) mass is 610 g/mol. The summed E-state index contributed by atoms with van der Waals surface area (Å²) < 4.78 is 48.3. The van der Waals surface area contributed by atoms with Gasteiger partial charge in [0.1, 0.15) is 45.1 Å². The second-order valence-electron chi connectivity index (χ2n) is 10.7. The minimum atomic E-state index is -3.02. The lowest BCUT2D eigenvalue weighted by Crippen LogP contribution is -2.24. The van der Waals surface area contributed by atoms with Crippen molar-refractivity contribution in [2.24, 2.45) is 5.41 Å². The first kappa shape index (κ1) is 29.8. The van der Waals surface area contributed by atoms with Crippen molar-refractivity contribution in [1.29, 1.82) is 0 Å². The van der Waals surface area contributed by atoms with Crippen LogP contribution < -0.4 is 15.4 Å². The Balaban J connectivity index is 1.23. The van der Waals surface area contributed by atoms with Gasteiger partial charge in [-0.05, 0) is 54.1 Å². The van der Waals surface area contributed by atoms with Gasteiger partial charge in [-0.1, -0.05) is 36.7 Å². The number of nitrogens with zero attached hydrogens (tertiary/aromatic N) is 2. The lowest BCUT2D eigenvalue weighted by Gasteiger charge is -2.27. The topological polar surface area (TPSA) is 106 Å². The molecule has 4 aromatic rings. The van der Waals surface area contributed by atoms with E-state index in [1.54, 1.807) is 6.08 Å². The number of fused-ring (bicyclic) bond motifs is 1. The molecule has 2 aromatic heterocycles. The summed E-state index contributed by atoms with van der Waals surface area (Å²) in [6.07, 6.45) is 8.16. The van der Waals surface area contributed by atoms with Gasteiger partial charge < -0.3 is 19.8 Å². The number of rotatable bonds is 12. The average Bonchev–Trinajstić information content (AvgIpc) is 3.42. The number of sulfone groups is 1. The predicted octanol–water partition coefficient (Wildman–Crippen LogP) is 6.49. The van der Waals surface area contributed by atoms with E-state index < -0.39 is 15.3 Å².